The highest BCUT2D eigenvalue weighted by molar-refractivity contribution is 7.99. The molecule has 0 aromatic rings. The Morgan fingerprint density at radius 2 is 2.22 bits per heavy atom. The molecule has 1 spiro atoms. The summed E-state index contributed by atoms with van der Waals surface area (Å²) in [6.07, 6.45) is 6.74. The molecule has 1 N–H and O–H groups in total. The predicted octanol–water partition coefficient (Wildman–Crippen LogP) is 2.06. The predicted molar refractivity (Wildman–Crippen MR) is 75.2 cm³/mol. The zero-order valence-electron chi connectivity index (χ0n) is 11.3. The van der Waals surface area contributed by atoms with Gasteiger partial charge in [-0.05, 0) is 45.1 Å². The van der Waals surface area contributed by atoms with Gasteiger partial charge in [0.15, 0.2) is 0 Å². The van der Waals surface area contributed by atoms with E-state index in [-0.39, 0.29) is 5.60 Å². The summed E-state index contributed by atoms with van der Waals surface area (Å²) in [7, 11) is 2.09. The lowest BCUT2D eigenvalue weighted by Crippen LogP contribution is -2.54. The quantitative estimate of drug-likeness (QED) is 0.851. The molecule has 3 atom stereocenters. The van der Waals surface area contributed by atoms with Crippen LogP contribution in [0.3, 0.4) is 0 Å². The van der Waals surface area contributed by atoms with Crippen molar-refractivity contribution in [1.82, 2.24) is 5.32 Å². The van der Waals surface area contributed by atoms with Crippen molar-refractivity contribution in [1.29, 1.82) is 0 Å². The average Bonchev–Trinajstić information content (AvgIpc) is 2.39. The van der Waals surface area contributed by atoms with E-state index in [1.807, 2.05) is 11.8 Å². The number of ether oxygens (including phenoxy) is 2. The van der Waals surface area contributed by atoms with E-state index < -0.39 is 0 Å². The number of rotatable bonds is 3. The third kappa shape index (κ3) is 2.58. The van der Waals surface area contributed by atoms with E-state index in [0.717, 1.165) is 30.6 Å². The highest BCUT2D eigenvalue weighted by atomic mass is 32.2. The lowest BCUT2D eigenvalue weighted by molar-refractivity contribution is -0.151. The highest BCUT2D eigenvalue weighted by Gasteiger charge is 2.45. The van der Waals surface area contributed by atoms with E-state index in [1.165, 1.54) is 32.1 Å². The molecule has 3 unspecified atom stereocenters. The van der Waals surface area contributed by atoms with Crippen LogP contribution in [0.5, 0.6) is 0 Å². The molecule has 2 aliphatic heterocycles. The molecule has 3 fully saturated rings. The van der Waals surface area contributed by atoms with Crippen LogP contribution in [0.15, 0.2) is 0 Å². The third-order valence-corrected chi connectivity index (χ3v) is 5.90. The van der Waals surface area contributed by atoms with Gasteiger partial charge in [-0.15, -0.1) is 0 Å². The molecule has 2 saturated heterocycles. The van der Waals surface area contributed by atoms with Crippen LogP contribution in [0.25, 0.3) is 0 Å². The maximum Gasteiger partial charge on any atom is 0.0821 e. The molecule has 0 aromatic heterocycles. The molecule has 2 heterocycles. The normalized spacial score (nSPS) is 37.2. The van der Waals surface area contributed by atoms with Gasteiger partial charge in [0.25, 0.3) is 0 Å². The van der Waals surface area contributed by atoms with Crippen molar-refractivity contribution < 1.29 is 9.47 Å². The third-order valence-electron chi connectivity index (χ3n) is 4.88. The second kappa shape index (κ2) is 5.70. The second-order valence-corrected chi connectivity index (χ2v) is 7.09. The summed E-state index contributed by atoms with van der Waals surface area (Å²) in [5.41, 5.74) is 0.250. The number of hydrogen-bond donors (Lipinski definition) is 1. The van der Waals surface area contributed by atoms with Crippen LogP contribution in [-0.2, 0) is 9.47 Å². The van der Waals surface area contributed by atoms with E-state index in [2.05, 4.69) is 12.4 Å². The lowest BCUT2D eigenvalue weighted by Gasteiger charge is -2.49. The zero-order valence-corrected chi connectivity index (χ0v) is 12.1. The fraction of sp³-hybridized carbons (Fsp3) is 1.00. The molecular weight excluding hydrogens is 246 g/mol. The monoisotopic (exact) mass is 271 g/mol. The fourth-order valence-electron chi connectivity index (χ4n) is 3.73. The topological polar surface area (TPSA) is 30.5 Å². The second-order valence-electron chi connectivity index (χ2n) is 5.94. The Hall–Kier alpha value is 0.230. The van der Waals surface area contributed by atoms with Crippen molar-refractivity contribution in [2.75, 3.05) is 31.8 Å². The summed E-state index contributed by atoms with van der Waals surface area (Å²) in [4.78, 5) is 0. The Bertz CT molecular complexity index is 277. The summed E-state index contributed by atoms with van der Waals surface area (Å²) in [5.74, 6) is 3.04. The minimum atomic E-state index is 0.250. The summed E-state index contributed by atoms with van der Waals surface area (Å²) < 4.78 is 12.0. The van der Waals surface area contributed by atoms with Gasteiger partial charge < -0.3 is 14.8 Å². The van der Waals surface area contributed by atoms with E-state index in [4.69, 9.17) is 9.47 Å². The molecule has 0 bridgehead atoms. The molecule has 4 heteroatoms. The van der Waals surface area contributed by atoms with Crippen molar-refractivity contribution in [3.63, 3.8) is 0 Å². The van der Waals surface area contributed by atoms with Gasteiger partial charge in [0.05, 0.1) is 18.3 Å². The van der Waals surface area contributed by atoms with Gasteiger partial charge in [0, 0.05) is 24.2 Å². The maximum absolute atomic E-state index is 6.04. The summed E-state index contributed by atoms with van der Waals surface area (Å²) in [6.45, 7) is 1.87. The Morgan fingerprint density at radius 3 is 2.83 bits per heavy atom. The van der Waals surface area contributed by atoms with Crippen LogP contribution in [0, 0.1) is 5.92 Å². The van der Waals surface area contributed by atoms with E-state index in [1.54, 1.807) is 0 Å². The molecular formula is C14H25NO2S. The SMILES string of the molecule is CNC(C1CCOC2(CCC2)C1)C1CSCCO1. The summed E-state index contributed by atoms with van der Waals surface area (Å²) in [5, 5.41) is 3.53. The molecule has 1 saturated carbocycles. The Labute approximate surface area is 114 Å². The van der Waals surface area contributed by atoms with Gasteiger partial charge in [-0.3, -0.25) is 0 Å². The molecule has 0 aromatic carbocycles. The van der Waals surface area contributed by atoms with Crippen molar-refractivity contribution in [3.05, 3.63) is 0 Å². The molecule has 3 nitrogen and oxygen atoms in total. The van der Waals surface area contributed by atoms with Gasteiger partial charge in [0.2, 0.25) is 0 Å². The standard InChI is InChI=1S/C14H25NO2S/c1-15-13(12-10-18-8-7-16-12)11-3-6-17-14(9-11)4-2-5-14/h11-13,15H,2-10H2,1H3. The number of thioether (sulfide) groups is 1. The van der Waals surface area contributed by atoms with Crippen LogP contribution in [-0.4, -0.2) is 49.5 Å². The summed E-state index contributed by atoms with van der Waals surface area (Å²) in [6, 6.07) is 0.513. The van der Waals surface area contributed by atoms with Gasteiger partial charge in [-0.2, -0.15) is 11.8 Å². The van der Waals surface area contributed by atoms with Crippen LogP contribution < -0.4 is 5.32 Å². The van der Waals surface area contributed by atoms with Crippen molar-refractivity contribution >= 4 is 11.8 Å². The number of hydrogen-bond acceptors (Lipinski definition) is 4. The van der Waals surface area contributed by atoms with Gasteiger partial charge in [0.1, 0.15) is 0 Å². The van der Waals surface area contributed by atoms with Crippen LogP contribution in [0.4, 0.5) is 0 Å². The first-order valence-corrected chi connectivity index (χ1v) is 8.49. The van der Waals surface area contributed by atoms with Gasteiger partial charge in [-0.25, -0.2) is 0 Å². The molecule has 0 radical (unpaired) electrons. The minimum Gasteiger partial charge on any atom is -0.375 e. The molecule has 18 heavy (non-hydrogen) atoms. The van der Waals surface area contributed by atoms with E-state index in [0.29, 0.717) is 12.1 Å². The van der Waals surface area contributed by atoms with Crippen molar-refractivity contribution in [2.45, 2.75) is 49.9 Å². The molecule has 0 amide bonds. The number of nitrogens with one attached hydrogen (secondary N) is 1. The first kappa shape index (κ1) is 13.2. The van der Waals surface area contributed by atoms with Crippen LogP contribution in [0.2, 0.25) is 0 Å². The largest absolute Gasteiger partial charge is 0.375 e. The molecule has 104 valence electrons. The minimum absolute atomic E-state index is 0.250. The molecule has 3 aliphatic rings. The fourth-order valence-corrected chi connectivity index (χ4v) is 4.65. The average molecular weight is 271 g/mol. The summed E-state index contributed by atoms with van der Waals surface area (Å²) >= 11 is 2.03. The van der Waals surface area contributed by atoms with Crippen molar-refractivity contribution in [3.8, 4) is 0 Å². The van der Waals surface area contributed by atoms with E-state index in [9.17, 15) is 0 Å². The zero-order chi connectivity index (χ0) is 12.4. The Morgan fingerprint density at radius 1 is 1.33 bits per heavy atom. The lowest BCUT2D eigenvalue weighted by atomic mass is 9.70. The van der Waals surface area contributed by atoms with Crippen LogP contribution in [0.1, 0.15) is 32.1 Å². The molecule has 3 rings (SSSR count). The highest BCUT2D eigenvalue weighted by Crippen LogP contribution is 2.45. The van der Waals surface area contributed by atoms with Gasteiger partial charge >= 0.3 is 0 Å². The molecule has 1 aliphatic carbocycles. The Kier molecular flexibility index (Phi) is 4.18. The van der Waals surface area contributed by atoms with Crippen LogP contribution >= 0.6 is 11.8 Å². The maximum atomic E-state index is 6.04. The van der Waals surface area contributed by atoms with E-state index >= 15 is 0 Å². The Balaban J connectivity index is 1.63. The first-order valence-electron chi connectivity index (χ1n) is 7.34. The van der Waals surface area contributed by atoms with Crippen molar-refractivity contribution in [2.24, 2.45) is 5.92 Å². The smallest absolute Gasteiger partial charge is 0.0821 e. The van der Waals surface area contributed by atoms with Gasteiger partial charge in [-0.1, -0.05) is 0 Å². The first-order chi connectivity index (χ1) is 8.83. The number of likely N-dealkylation sites (N-methyl/N-ethyl adjacent to an activating group) is 1.